The van der Waals surface area contributed by atoms with Crippen LogP contribution in [0.1, 0.15) is 17.0 Å². The van der Waals surface area contributed by atoms with Gasteiger partial charge in [0.1, 0.15) is 11.4 Å². The van der Waals surface area contributed by atoms with Crippen LogP contribution in [-0.4, -0.2) is 24.1 Å². The lowest BCUT2D eigenvalue weighted by atomic mass is 10.2. The summed E-state index contributed by atoms with van der Waals surface area (Å²) < 4.78 is 9.40. The number of hydrogen-bond acceptors (Lipinski definition) is 5. The maximum absolute atomic E-state index is 5.36. The van der Waals surface area contributed by atoms with Crippen molar-refractivity contribution in [2.75, 3.05) is 0 Å². The normalized spacial score (nSPS) is 11.5. The molecule has 4 heterocycles. The molecule has 4 rings (SSSR count). The highest BCUT2D eigenvalue weighted by Gasteiger charge is 2.15. The molecule has 0 saturated heterocycles. The molecule has 0 aliphatic rings. The summed E-state index contributed by atoms with van der Waals surface area (Å²) in [5.74, 6) is 2.41. The van der Waals surface area contributed by atoms with Crippen molar-refractivity contribution in [3.63, 3.8) is 0 Å². The van der Waals surface area contributed by atoms with E-state index in [-0.39, 0.29) is 0 Å². The van der Waals surface area contributed by atoms with Crippen molar-refractivity contribution in [2.24, 2.45) is 7.05 Å². The summed E-state index contributed by atoms with van der Waals surface area (Å²) in [4.78, 5) is 4.64. The number of rotatable bonds is 4. The highest BCUT2D eigenvalue weighted by Crippen LogP contribution is 2.27. The summed E-state index contributed by atoms with van der Waals surface area (Å²) in [6.45, 7) is 4.00. The van der Waals surface area contributed by atoms with Crippen molar-refractivity contribution >= 4 is 17.4 Å². The van der Waals surface area contributed by atoms with Crippen LogP contribution in [0.3, 0.4) is 0 Å². The number of fused-ring (bicyclic) bond motifs is 1. The van der Waals surface area contributed by atoms with Crippen LogP contribution in [0, 0.1) is 13.8 Å². The van der Waals surface area contributed by atoms with E-state index < -0.39 is 0 Å². The molecule has 24 heavy (non-hydrogen) atoms. The number of pyridine rings is 1. The first-order valence-electron chi connectivity index (χ1n) is 7.63. The van der Waals surface area contributed by atoms with Gasteiger partial charge in [0.05, 0.1) is 17.5 Å². The maximum Gasteiger partial charge on any atom is 0.191 e. The second kappa shape index (κ2) is 5.83. The fraction of sp³-hybridized carbons (Fsp3) is 0.235. The fourth-order valence-corrected chi connectivity index (χ4v) is 3.45. The number of furan rings is 1. The number of thioether (sulfide) groups is 1. The Balaban J connectivity index is 1.55. The zero-order chi connectivity index (χ0) is 16.7. The molecule has 0 N–H and O–H groups in total. The van der Waals surface area contributed by atoms with E-state index >= 15 is 0 Å². The highest BCUT2D eigenvalue weighted by atomic mass is 32.2. The molecule has 4 aromatic rings. The van der Waals surface area contributed by atoms with Crippen molar-refractivity contribution in [2.45, 2.75) is 24.8 Å². The molecule has 0 atom stereocenters. The average molecular weight is 339 g/mol. The van der Waals surface area contributed by atoms with E-state index in [0.717, 1.165) is 39.4 Å². The van der Waals surface area contributed by atoms with Crippen LogP contribution in [0.15, 0.2) is 46.4 Å². The molecule has 0 saturated carbocycles. The summed E-state index contributed by atoms with van der Waals surface area (Å²) in [6, 6.07) is 6.02. The second-order valence-electron chi connectivity index (χ2n) is 5.75. The average Bonchev–Trinajstić information content (AvgIpc) is 3.24. The fourth-order valence-electron chi connectivity index (χ4n) is 2.66. The van der Waals surface area contributed by atoms with Gasteiger partial charge in [0.15, 0.2) is 11.0 Å². The van der Waals surface area contributed by atoms with Gasteiger partial charge in [-0.05, 0) is 31.5 Å². The topological polar surface area (TPSA) is 61.2 Å². The van der Waals surface area contributed by atoms with Gasteiger partial charge in [-0.1, -0.05) is 17.8 Å². The molecule has 6 nitrogen and oxygen atoms in total. The van der Waals surface area contributed by atoms with Gasteiger partial charge in [0.2, 0.25) is 0 Å². The first kappa shape index (κ1) is 15.0. The summed E-state index contributed by atoms with van der Waals surface area (Å²) in [7, 11) is 1.97. The molecular formula is C17H17N5OS. The standard InChI is InChI=1S/C17H17N5OS/c1-11-4-5-15-18-13(9-22(15)8-11)10-24-17-20-19-16(21(17)3)14-6-7-23-12(14)2/h4-9H,10H2,1-3H3. The maximum atomic E-state index is 5.36. The van der Waals surface area contributed by atoms with Gasteiger partial charge in [-0.25, -0.2) is 4.98 Å². The van der Waals surface area contributed by atoms with Gasteiger partial charge in [0.25, 0.3) is 0 Å². The minimum Gasteiger partial charge on any atom is -0.469 e. The van der Waals surface area contributed by atoms with E-state index in [1.165, 1.54) is 5.56 Å². The van der Waals surface area contributed by atoms with Gasteiger partial charge in [-0.2, -0.15) is 0 Å². The van der Waals surface area contributed by atoms with Crippen LogP contribution in [0.5, 0.6) is 0 Å². The van der Waals surface area contributed by atoms with E-state index in [4.69, 9.17) is 4.42 Å². The smallest absolute Gasteiger partial charge is 0.191 e. The van der Waals surface area contributed by atoms with E-state index in [0.29, 0.717) is 0 Å². The Hall–Kier alpha value is -2.54. The molecule has 7 heteroatoms. The summed E-state index contributed by atoms with van der Waals surface area (Å²) >= 11 is 1.63. The lowest BCUT2D eigenvalue weighted by Gasteiger charge is -2.02. The van der Waals surface area contributed by atoms with E-state index in [9.17, 15) is 0 Å². The SMILES string of the molecule is Cc1ccc2nc(CSc3nnc(-c4ccoc4C)n3C)cn2c1. The Labute approximate surface area is 143 Å². The van der Waals surface area contributed by atoms with Crippen molar-refractivity contribution in [3.05, 3.63) is 53.9 Å². The Morgan fingerprint density at radius 1 is 1.12 bits per heavy atom. The molecule has 0 fully saturated rings. The zero-order valence-electron chi connectivity index (χ0n) is 13.7. The molecule has 0 amide bonds. The van der Waals surface area contributed by atoms with Gasteiger partial charge >= 0.3 is 0 Å². The molecule has 0 aliphatic carbocycles. The summed E-state index contributed by atoms with van der Waals surface area (Å²) in [6.07, 6.45) is 5.82. The molecule has 0 aliphatic heterocycles. The quantitative estimate of drug-likeness (QED) is 0.531. The van der Waals surface area contributed by atoms with Crippen LogP contribution >= 0.6 is 11.8 Å². The van der Waals surface area contributed by atoms with Crippen molar-refractivity contribution in [1.29, 1.82) is 0 Å². The van der Waals surface area contributed by atoms with Gasteiger partial charge in [-0.15, -0.1) is 10.2 Å². The Morgan fingerprint density at radius 3 is 2.79 bits per heavy atom. The highest BCUT2D eigenvalue weighted by molar-refractivity contribution is 7.98. The molecule has 0 aromatic carbocycles. The molecule has 0 unspecified atom stereocenters. The largest absolute Gasteiger partial charge is 0.469 e. The third-order valence-corrected chi connectivity index (χ3v) is 4.99. The molecule has 0 spiro atoms. The lowest BCUT2D eigenvalue weighted by Crippen LogP contribution is -1.95. The van der Waals surface area contributed by atoms with Crippen LogP contribution in [0.2, 0.25) is 0 Å². The molecular weight excluding hydrogens is 322 g/mol. The third-order valence-electron chi connectivity index (χ3n) is 3.93. The van der Waals surface area contributed by atoms with E-state index in [2.05, 4.69) is 45.0 Å². The van der Waals surface area contributed by atoms with Gasteiger partial charge < -0.3 is 13.4 Å². The van der Waals surface area contributed by atoms with Crippen LogP contribution < -0.4 is 0 Å². The van der Waals surface area contributed by atoms with Gasteiger partial charge in [-0.3, -0.25) is 0 Å². The number of imidazole rings is 1. The van der Waals surface area contributed by atoms with Crippen molar-refractivity contribution in [1.82, 2.24) is 24.1 Å². The Bertz CT molecular complexity index is 1010. The first-order chi connectivity index (χ1) is 11.6. The predicted molar refractivity (Wildman–Crippen MR) is 92.9 cm³/mol. The zero-order valence-corrected chi connectivity index (χ0v) is 14.5. The first-order valence-corrected chi connectivity index (χ1v) is 8.61. The van der Waals surface area contributed by atoms with Crippen molar-refractivity contribution in [3.8, 4) is 11.4 Å². The van der Waals surface area contributed by atoms with Crippen LogP contribution in [0.25, 0.3) is 17.0 Å². The van der Waals surface area contributed by atoms with Crippen LogP contribution in [-0.2, 0) is 12.8 Å². The minimum absolute atomic E-state index is 0.747. The summed E-state index contributed by atoms with van der Waals surface area (Å²) in [5.41, 5.74) is 4.17. The second-order valence-corrected chi connectivity index (χ2v) is 6.69. The Morgan fingerprint density at radius 2 is 2.00 bits per heavy atom. The van der Waals surface area contributed by atoms with Crippen molar-refractivity contribution < 1.29 is 4.42 Å². The van der Waals surface area contributed by atoms with E-state index in [1.54, 1.807) is 18.0 Å². The van der Waals surface area contributed by atoms with Gasteiger partial charge in [0, 0.05) is 25.2 Å². The Kier molecular flexibility index (Phi) is 3.65. The summed E-state index contributed by atoms with van der Waals surface area (Å²) in [5, 5.41) is 9.45. The number of aryl methyl sites for hydroxylation is 2. The lowest BCUT2D eigenvalue weighted by molar-refractivity contribution is 0.534. The van der Waals surface area contributed by atoms with Crippen LogP contribution in [0.4, 0.5) is 0 Å². The minimum atomic E-state index is 0.747. The number of nitrogens with zero attached hydrogens (tertiary/aromatic N) is 5. The monoisotopic (exact) mass is 339 g/mol. The molecule has 4 aromatic heterocycles. The van der Waals surface area contributed by atoms with E-state index in [1.807, 2.05) is 30.7 Å². The molecule has 0 radical (unpaired) electrons. The number of hydrogen-bond donors (Lipinski definition) is 0. The predicted octanol–water partition coefficient (Wildman–Crippen LogP) is 3.63. The number of aromatic nitrogens is 5. The molecule has 0 bridgehead atoms. The molecule has 122 valence electrons. The third kappa shape index (κ3) is 2.60.